The van der Waals surface area contributed by atoms with Gasteiger partial charge < -0.3 is 9.47 Å². The van der Waals surface area contributed by atoms with E-state index >= 15 is 0 Å². The van der Waals surface area contributed by atoms with E-state index in [0.717, 1.165) is 0 Å². The predicted molar refractivity (Wildman–Crippen MR) is 73.5 cm³/mol. The highest BCUT2D eigenvalue weighted by atomic mass is 32.2. The molecule has 0 bridgehead atoms. The van der Waals surface area contributed by atoms with Crippen LogP contribution in [0.3, 0.4) is 0 Å². The van der Waals surface area contributed by atoms with E-state index in [-0.39, 0.29) is 17.0 Å². The molecule has 9 heteroatoms. The van der Waals surface area contributed by atoms with Crippen LogP contribution < -0.4 is 16.1 Å². The van der Waals surface area contributed by atoms with Crippen LogP contribution in [-0.4, -0.2) is 62.6 Å². The van der Waals surface area contributed by atoms with Crippen LogP contribution in [0.5, 0.6) is 0 Å². The Morgan fingerprint density at radius 3 is 2.37 bits per heavy atom. The first-order chi connectivity index (χ1) is 8.79. The SMILES string of the molecule is [B]c1cn(C)c(=O)c(N2CCN(S(C)(=O)=O)CC2)n1. The monoisotopic (exact) mass is 282 g/mol. The molecule has 0 atom stereocenters. The number of hydrogen-bond acceptors (Lipinski definition) is 5. The van der Waals surface area contributed by atoms with Gasteiger partial charge in [-0.3, -0.25) is 4.79 Å². The van der Waals surface area contributed by atoms with E-state index in [4.69, 9.17) is 7.85 Å². The Morgan fingerprint density at radius 2 is 1.84 bits per heavy atom. The van der Waals surface area contributed by atoms with Crippen molar-refractivity contribution in [1.82, 2.24) is 13.9 Å². The van der Waals surface area contributed by atoms with Crippen LogP contribution in [0.2, 0.25) is 0 Å². The summed E-state index contributed by atoms with van der Waals surface area (Å²) in [7, 11) is 4.06. The lowest BCUT2D eigenvalue weighted by molar-refractivity contribution is 0.386. The van der Waals surface area contributed by atoms with E-state index in [1.807, 2.05) is 0 Å². The summed E-state index contributed by atoms with van der Waals surface area (Å²) in [5.41, 5.74) is 0.0321. The van der Waals surface area contributed by atoms with E-state index in [0.29, 0.717) is 26.2 Å². The molecule has 2 rings (SSSR count). The van der Waals surface area contributed by atoms with Gasteiger partial charge in [0.05, 0.1) is 6.26 Å². The molecular formula is C10H15BN4O3S. The molecule has 1 fully saturated rings. The largest absolute Gasteiger partial charge is 0.349 e. The minimum absolute atomic E-state index is 0.234. The minimum Gasteiger partial charge on any atom is -0.349 e. The molecule has 1 aliphatic rings. The number of aryl methyl sites for hydroxylation is 1. The zero-order valence-electron chi connectivity index (χ0n) is 10.9. The highest BCUT2D eigenvalue weighted by molar-refractivity contribution is 7.88. The van der Waals surface area contributed by atoms with E-state index in [9.17, 15) is 13.2 Å². The molecule has 1 saturated heterocycles. The van der Waals surface area contributed by atoms with Crippen LogP contribution in [0, 0.1) is 0 Å². The maximum atomic E-state index is 12.0. The van der Waals surface area contributed by atoms with Gasteiger partial charge in [-0.15, -0.1) is 0 Å². The van der Waals surface area contributed by atoms with Gasteiger partial charge in [0.15, 0.2) is 5.82 Å². The highest BCUT2D eigenvalue weighted by Crippen LogP contribution is 2.10. The number of anilines is 1. The van der Waals surface area contributed by atoms with Crippen molar-refractivity contribution in [1.29, 1.82) is 0 Å². The highest BCUT2D eigenvalue weighted by Gasteiger charge is 2.25. The van der Waals surface area contributed by atoms with Gasteiger partial charge >= 0.3 is 0 Å². The van der Waals surface area contributed by atoms with E-state index in [1.165, 1.54) is 21.3 Å². The first-order valence-electron chi connectivity index (χ1n) is 5.82. The molecule has 2 radical (unpaired) electrons. The van der Waals surface area contributed by atoms with Gasteiger partial charge in [-0.25, -0.2) is 13.4 Å². The van der Waals surface area contributed by atoms with Gasteiger partial charge in [-0.05, 0) is 0 Å². The van der Waals surface area contributed by atoms with Crippen LogP contribution in [0.1, 0.15) is 0 Å². The summed E-state index contributed by atoms with van der Waals surface area (Å²) < 4.78 is 25.6. The quantitative estimate of drug-likeness (QED) is 0.568. The Kier molecular flexibility index (Phi) is 3.68. The van der Waals surface area contributed by atoms with Gasteiger partial charge in [-0.1, -0.05) is 0 Å². The van der Waals surface area contributed by atoms with Crippen molar-refractivity contribution in [2.45, 2.75) is 0 Å². The van der Waals surface area contributed by atoms with Crippen LogP contribution in [0.4, 0.5) is 5.82 Å². The lowest BCUT2D eigenvalue weighted by Crippen LogP contribution is -2.50. The third-order valence-corrected chi connectivity index (χ3v) is 4.38. The average Bonchev–Trinajstić information content (AvgIpc) is 2.33. The van der Waals surface area contributed by atoms with Crippen LogP contribution in [0.15, 0.2) is 11.0 Å². The number of sulfonamides is 1. The number of piperazine rings is 1. The summed E-state index contributed by atoms with van der Waals surface area (Å²) in [5.74, 6) is 0.274. The molecule has 102 valence electrons. The molecule has 0 aliphatic carbocycles. The summed E-state index contributed by atoms with van der Waals surface area (Å²) in [6.07, 6.45) is 2.64. The Morgan fingerprint density at radius 1 is 1.26 bits per heavy atom. The first kappa shape index (κ1) is 14.1. The van der Waals surface area contributed by atoms with Gasteiger partial charge in [0.2, 0.25) is 10.0 Å². The second-order valence-corrected chi connectivity index (χ2v) is 6.54. The molecule has 2 heterocycles. The second-order valence-electron chi connectivity index (χ2n) is 4.55. The lowest BCUT2D eigenvalue weighted by atomic mass is 10.1. The molecule has 0 aromatic carbocycles. The van der Waals surface area contributed by atoms with Gasteiger partial charge in [0, 0.05) is 45.0 Å². The van der Waals surface area contributed by atoms with Gasteiger partial charge in [0.25, 0.3) is 5.56 Å². The molecule has 0 N–H and O–H groups in total. The Hall–Kier alpha value is -1.35. The maximum absolute atomic E-state index is 12.0. The second kappa shape index (κ2) is 4.97. The van der Waals surface area contributed by atoms with Crippen molar-refractivity contribution < 1.29 is 8.42 Å². The van der Waals surface area contributed by atoms with Crippen LogP contribution in [-0.2, 0) is 17.1 Å². The first-order valence-corrected chi connectivity index (χ1v) is 7.67. The smallest absolute Gasteiger partial charge is 0.293 e. The van der Waals surface area contributed by atoms with Crippen molar-refractivity contribution in [3.63, 3.8) is 0 Å². The fourth-order valence-electron chi connectivity index (χ4n) is 2.05. The molecule has 19 heavy (non-hydrogen) atoms. The number of rotatable bonds is 2. The average molecular weight is 282 g/mol. The number of nitrogens with zero attached hydrogens (tertiary/aromatic N) is 4. The summed E-state index contributed by atoms with van der Waals surface area (Å²) in [4.78, 5) is 17.8. The Bertz CT molecular complexity index is 635. The van der Waals surface area contributed by atoms with Crippen LogP contribution >= 0.6 is 0 Å². The topological polar surface area (TPSA) is 75.5 Å². The minimum atomic E-state index is -3.18. The van der Waals surface area contributed by atoms with Crippen molar-refractivity contribution in [2.24, 2.45) is 7.05 Å². The molecule has 1 aliphatic heterocycles. The molecule has 0 unspecified atom stereocenters. The van der Waals surface area contributed by atoms with Crippen molar-refractivity contribution in [3.8, 4) is 0 Å². The molecule has 0 saturated carbocycles. The number of aromatic nitrogens is 2. The fraction of sp³-hybridized carbons (Fsp3) is 0.600. The third-order valence-electron chi connectivity index (χ3n) is 3.08. The zero-order chi connectivity index (χ0) is 14.2. The van der Waals surface area contributed by atoms with E-state index < -0.39 is 10.0 Å². The standard InChI is InChI=1S/C10H15BN4O3S/c1-13-7-8(11)12-9(10(13)16)14-3-5-15(6-4-14)19(2,17)18/h7H,3-6H2,1-2H3. The molecule has 0 spiro atoms. The lowest BCUT2D eigenvalue weighted by Gasteiger charge is -2.33. The van der Waals surface area contributed by atoms with E-state index in [2.05, 4.69) is 4.98 Å². The molecule has 0 amide bonds. The molecule has 1 aromatic rings. The van der Waals surface area contributed by atoms with Gasteiger partial charge in [0.1, 0.15) is 7.85 Å². The molecule has 1 aromatic heterocycles. The number of hydrogen-bond donors (Lipinski definition) is 0. The summed E-state index contributed by atoms with van der Waals surface area (Å²) >= 11 is 0. The maximum Gasteiger partial charge on any atom is 0.293 e. The van der Waals surface area contributed by atoms with Crippen molar-refractivity contribution >= 4 is 29.3 Å². The molecular weight excluding hydrogens is 267 g/mol. The fourth-order valence-corrected chi connectivity index (χ4v) is 2.88. The Balaban J connectivity index is 2.21. The van der Waals surface area contributed by atoms with E-state index in [1.54, 1.807) is 11.9 Å². The normalized spacial score (nSPS) is 17.7. The van der Waals surface area contributed by atoms with Crippen molar-refractivity contribution in [3.05, 3.63) is 16.6 Å². The van der Waals surface area contributed by atoms with Gasteiger partial charge in [-0.2, -0.15) is 4.31 Å². The molecule has 7 nitrogen and oxygen atoms in total. The Labute approximate surface area is 113 Å². The summed E-state index contributed by atoms with van der Waals surface area (Å²) in [6.45, 7) is 1.55. The summed E-state index contributed by atoms with van der Waals surface area (Å²) in [6, 6.07) is 0. The summed E-state index contributed by atoms with van der Waals surface area (Å²) in [5, 5.41) is 0. The van der Waals surface area contributed by atoms with Crippen molar-refractivity contribution in [2.75, 3.05) is 37.3 Å². The predicted octanol–water partition coefficient (Wildman–Crippen LogP) is -2.34. The third kappa shape index (κ3) is 2.98. The van der Waals surface area contributed by atoms with Crippen LogP contribution in [0.25, 0.3) is 0 Å². The zero-order valence-corrected chi connectivity index (χ0v) is 11.7.